The van der Waals surface area contributed by atoms with E-state index < -0.39 is 0 Å². The van der Waals surface area contributed by atoms with Gasteiger partial charge in [-0.1, -0.05) is 60.2 Å². The quantitative estimate of drug-likeness (QED) is 0.556. The number of amides is 1. The summed E-state index contributed by atoms with van der Waals surface area (Å²) in [6.07, 6.45) is 0. The van der Waals surface area contributed by atoms with Crippen molar-refractivity contribution >= 4 is 22.4 Å². The summed E-state index contributed by atoms with van der Waals surface area (Å²) in [6.45, 7) is 6.01. The monoisotopic (exact) mass is 316 g/mol. The Morgan fingerprint density at radius 2 is 1.67 bits per heavy atom. The Labute approximate surface area is 142 Å². The van der Waals surface area contributed by atoms with E-state index in [9.17, 15) is 4.79 Å². The standard InChI is InChI=1S/C21H20N2O/c1-14-11-12-18(15(2)13-14)16(3)22-23-21(24)20-10-6-8-17-7-4-5-9-19(17)20/h4-13H,1-3H3,(H,23,24). The van der Waals surface area contributed by atoms with E-state index in [4.69, 9.17) is 0 Å². The molecule has 0 aliphatic rings. The molecule has 0 saturated carbocycles. The molecule has 0 unspecified atom stereocenters. The number of carbonyl (C=O) groups is 1. The number of hydrazone groups is 1. The van der Waals surface area contributed by atoms with Crippen LogP contribution < -0.4 is 5.43 Å². The smallest absolute Gasteiger partial charge is 0.267 e. The van der Waals surface area contributed by atoms with E-state index in [1.54, 1.807) is 0 Å². The minimum absolute atomic E-state index is 0.198. The van der Waals surface area contributed by atoms with Gasteiger partial charge in [0.25, 0.3) is 5.91 Å². The van der Waals surface area contributed by atoms with Crippen molar-refractivity contribution in [1.82, 2.24) is 5.43 Å². The molecule has 0 saturated heterocycles. The molecule has 3 nitrogen and oxygen atoms in total. The molecule has 3 aromatic rings. The second-order valence-electron chi connectivity index (χ2n) is 5.98. The number of benzene rings is 3. The zero-order chi connectivity index (χ0) is 17.1. The van der Waals surface area contributed by atoms with Gasteiger partial charge in [-0.25, -0.2) is 5.43 Å². The summed E-state index contributed by atoms with van der Waals surface area (Å²) in [6, 6.07) is 19.7. The zero-order valence-corrected chi connectivity index (χ0v) is 14.1. The molecule has 24 heavy (non-hydrogen) atoms. The van der Waals surface area contributed by atoms with Crippen molar-refractivity contribution in [2.45, 2.75) is 20.8 Å². The Kier molecular flexibility index (Phi) is 4.43. The average molecular weight is 316 g/mol. The molecular formula is C21H20N2O. The Bertz CT molecular complexity index is 936. The van der Waals surface area contributed by atoms with Gasteiger partial charge in [0.1, 0.15) is 0 Å². The van der Waals surface area contributed by atoms with Crippen LogP contribution in [0, 0.1) is 13.8 Å². The SMILES string of the molecule is CC(=NNC(=O)c1cccc2ccccc12)c1ccc(C)cc1C. The predicted molar refractivity (Wildman–Crippen MR) is 99.5 cm³/mol. The highest BCUT2D eigenvalue weighted by Gasteiger charge is 2.09. The third-order valence-corrected chi connectivity index (χ3v) is 4.13. The molecule has 0 radical (unpaired) electrons. The van der Waals surface area contributed by atoms with Gasteiger partial charge in [0.05, 0.1) is 5.71 Å². The number of nitrogens with zero attached hydrogens (tertiary/aromatic N) is 1. The highest BCUT2D eigenvalue weighted by atomic mass is 16.2. The first-order chi connectivity index (χ1) is 11.6. The fourth-order valence-electron chi connectivity index (χ4n) is 2.90. The van der Waals surface area contributed by atoms with E-state index in [-0.39, 0.29) is 5.91 Å². The third-order valence-electron chi connectivity index (χ3n) is 4.13. The molecule has 0 fully saturated rings. The summed E-state index contributed by atoms with van der Waals surface area (Å²) in [7, 11) is 0. The van der Waals surface area contributed by atoms with Crippen LogP contribution in [0.1, 0.15) is 34.0 Å². The third kappa shape index (κ3) is 3.20. The first kappa shape index (κ1) is 15.9. The first-order valence-electron chi connectivity index (χ1n) is 7.96. The van der Waals surface area contributed by atoms with E-state index in [1.807, 2.05) is 68.4 Å². The molecule has 0 aromatic heterocycles. The van der Waals surface area contributed by atoms with Gasteiger partial charge in [-0.3, -0.25) is 4.79 Å². The summed E-state index contributed by atoms with van der Waals surface area (Å²) in [5, 5.41) is 6.25. The van der Waals surface area contributed by atoms with Crippen LogP contribution in [-0.4, -0.2) is 11.6 Å². The number of hydrogen-bond donors (Lipinski definition) is 1. The second kappa shape index (κ2) is 6.67. The number of nitrogens with one attached hydrogen (secondary N) is 1. The van der Waals surface area contributed by atoms with Crippen molar-refractivity contribution in [1.29, 1.82) is 0 Å². The summed E-state index contributed by atoms with van der Waals surface area (Å²) in [5.41, 5.74) is 7.50. The van der Waals surface area contributed by atoms with E-state index in [0.29, 0.717) is 5.56 Å². The van der Waals surface area contributed by atoms with Crippen molar-refractivity contribution < 1.29 is 4.79 Å². The topological polar surface area (TPSA) is 41.5 Å². The van der Waals surface area contributed by atoms with E-state index in [2.05, 4.69) is 23.5 Å². The maximum absolute atomic E-state index is 12.5. The van der Waals surface area contributed by atoms with Gasteiger partial charge in [0.2, 0.25) is 0 Å². The highest BCUT2D eigenvalue weighted by Crippen LogP contribution is 2.18. The lowest BCUT2D eigenvalue weighted by atomic mass is 10.0. The van der Waals surface area contributed by atoms with Crippen LogP contribution in [0.4, 0.5) is 0 Å². The summed E-state index contributed by atoms with van der Waals surface area (Å²) in [5.74, 6) is -0.198. The van der Waals surface area contributed by atoms with Gasteiger partial charge in [0.15, 0.2) is 0 Å². The summed E-state index contributed by atoms with van der Waals surface area (Å²) < 4.78 is 0. The lowest BCUT2D eigenvalue weighted by molar-refractivity contribution is 0.0956. The van der Waals surface area contributed by atoms with Crippen LogP contribution in [0.15, 0.2) is 65.8 Å². The average Bonchev–Trinajstić information content (AvgIpc) is 2.59. The maximum atomic E-state index is 12.5. The largest absolute Gasteiger partial charge is 0.272 e. The molecule has 3 rings (SSSR count). The van der Waals surface area contributed by atoms with Crippen molar-refractivity contribution in [2.75, 3.05) is 0 Å². The van der Waals surface area contributed by atoms with E-state index in [0.717, 1.165) is 27.6 Å². The molecule has 0 heterocycles. The fraction of sp³-hybridized carbons (Fsp3) is 0.143. The lowest BCUT2D eigenvalue weighted by Gasteiger charge is -2.08. The zero-order valence-electron chi connectivity index (χ0n) is 14.1. The molecule has 3 aromatic carbocycles. The van der Waals surface area contributed by atoms with E-state index in [1.165, 1.54) is 5.56 Å². The highest BCUT2D eigenvalue weighted by molar-refractivity contribution is 6.08. The van der Waals surface area contributed by atoms with Gasteiger partial charge >= 0.3 is 0 Å². The molecule has 0 atom stereocenters. The van der Waals surface area contributed by atoms with Crippen molar-refractivity contribution in [2.24, 2.45) is 5.10 Å². The van der Waals surface area contributed by atoms with Crippen LogP contribution in [0.5, 0.6) is 0 Å². The van der Waals surface area contributed by atoms with Crippen molar-refractivity contribution in [3.63, 3.8) is 0 Å². The van der Waals surface area contributed by atoms with Gasteiger partial charge in [-0.15, -0.1) is 0 Å². The Balaban J connectivity index is 1.86. The van der Waals surface area contributed by atoms with Crippen molar-refractivity contribution in [3.8, 4) is 0 Å². The number of carbonyl (C=O) groups excluding carboxylic acids is 1. The Morgan fingerprint density at radius 3 is 2.46 bits per heavy atom. The van der Waals surface area contributed by atoms with Crippen LogP contribution in [-0.2, 0) is 0 Å². The van der Waals surface area contributed by atoms with Gasteiger partial charge in [-0.05, 0) is 43.2 Å². The summed E-state index contributed by atoms with van der Waals surface area (Å²) >= 11 is 0. The molecule has 0 aliphatic heterocycles. The molecule has 0 spiro atoms. The predicted octanol–water partition coefficient (Wildman–Crippen LogP) is 4.61. The number of rotatable bonds is 3. The minimum atomic E-state index is -0.198. The Hall–Kier alpha value is -2.94. The normalized spacial score (nSPS) is 11.5. The number of hydrogen-bond acceptors (Lipinski definition) is 2. The van der Waals surface area contributed by atoms with Gasteiger partial charge in [0, 0.05) is 11.1 Å². The van der Waals surface area contributed by atoms with Crippen LogP contribution >= 0.6 is 0 Å². The number of fused-ring (bicyclic) bond motifs is 1. The van der Waals surface area contributed by atoms with Gasteiger partial charge in [-0.2, -0.15) is 5.10 Å². The molecule has 120 valence electrons. The van der Waals surface area contributed by atoms with Crippen molar-refractivity contribution in [3.05, 3.63) is 82.9 Å². The lowest BCUT2D eigenvalue weighted by Crippen LogP contribution is -2.19. The summed E-state index contributed by atoms with van der Waals surface area (Å²) in [4.78, 5) is 12.5. The molecule has 1 N–H and O–H groups in total. The minimum Gasteiger partial charge on any atom is -0.267 e. The Morgan fingerprint density at radius 1 is 0.917 bits per heavy atom. The maximum Gasteiger partial charge on any atom is 0.272 e. The molecule has 1 amide bonds. The van der Waals surface area contributed by atoms with Crippen LogP contribution in [0.25, 0.3) is 10.8 Å². The van der Waals surface area contributed by atoms with Gasteiger partial charge < -0.3 is 0 Å². The number of aryl methyl sites for hydroxylation is 2. The first-order valence-corrected chi connectivity index (χ1v) is 7.96. The fourth-order valence-corrected chi connectivity index (χ4v) is 2.90. The van der Waals surface area contributed by atoms with Crippen LogP contribution in [0.3, 0.4) is 0 Å². The van der Waals surface area contributed by atoms with Crippen LogP contribution in [0.2, 0.25) is 0 Å². The molecular weight excluding hydrogens is 296 g/mol. The van der Waals surface area contributed by atoms with E-state index >= 15 is 0 Å². The molecule has 0 aliphatic carbocycles. The molecule has 0 bridgehead atoms. The molecule has 3 heteroatoms. The second-order valence-corrected chi connectivity index (χ2v) is 5.98.